The number of hydrogen-bond donors (Lipinski definition) is 1. The van der Waals surface area contributed by atoms with E-state index in [9.17, 15) is 0 Å². The van der Waals surface area contributed by atoms with Gasteiger partial charge in [0, 0.05) is 17.3 Å². The highest BCUT2D eigenvalue weighted by Crippen LogP contribution is 2.35. The number of halogens is 3. The molecule has 0 fully saturated rings. The van der Waals surface area contributed by atoms with Gasteiger partial charge >= 0.3 is 0 Å². The molecule has 0 bridgehead atoms. The quantitative estimate of drug-likeness (QED) is 0.203. The largest absolute Gasteiger partial charge is 0.486 e. The van der Waals surface area contributed by atoms with E-state index in [4.69, 9.17) is 49.4 Å². The van der Waals surface area contributed by atoms with Crippen molar-refractivity contribution in [3.05, 3.63) is 81.6 Å². The number of hydrazone groups is 1. The number of nitrogens with one attached hydrogen (secondary N) is 1. The molecule has 0 saturated carbocycles. The van der Waals surface area contributed by atoms with Gasteiger partial charge in [0.25, 0.3) is 0 Å². The van der Waals surface area contributed by atoms with E-state index in [0.29, 0.717) is 35.6 Å². The van der Waals surface area contributed by atoms with Crippen molar-refractivity contribution in [1.82, 2.24) is 14.8 Å². The Kier molecular flexibility index (Phi) is 6.09. The first-order valence-electron chi connectivity index (χ1n) is 9.94. The van der Waals surface area contributed by atoms with Crippen LogP contribution in [0, 0.1) is 0 Å². The minimum absolute atomic E-state index is 0.132. The van der Waals surface area contributed by atoms with E-state index >= 15 is 0 Å². The van der Waals surface area contributed by atoms with Crippen LogP contribution in [0.25, 0.3) is 16.9 Å². The van der Waals surface area contributed by atoms with Crippen LogP contribution in [-0.4, -0.2) is 34.2 Å². The standard InChI is InChI=1S/C23H16Cl3N5O2/c24-17-11-18(25)23(28-22(17)26)29-27-12-15-13-31(16-4-2-1-3-5-16)30-21(15)14-6-7-19-20(10-14)33-9-8-32-19/h1-7,10-13H,8-9H2,(H,28,29)/b27-12-. The Balaban J connectivity index is 1.51. The van der Waals surface area contributed by atoms with E-state index < -0.39 is 0 Å². The molecule has 0 atom stereocenters. The number of nitrogens with zero attached hydrogens (tertiary/aromatic N) is 4. The molecule has 0 aliphatic carbocycles. The number of para-hydroxylation sites is 1. The molecule has 0 spiro atoms. The molecule has 1 N–H and O–H groups in total. The lowest BCUT2D eigenvalue weighted by molar-refractivity contribution is 0.171. The number of hydrogen-bond acceptors (Lipinski definition) is 6. The van der Waals surface area contributed by atoms with Gasteiger partial charge in [-0.05, 0) is 36.4 Å². The summed E-state index contributed by atoms with van der Waals surface area (Å²) in [4.78, 5) is 4.11. The lowest BCUT2D eigenvalue weighted by Crippen LogP contribution is -2.15. The summed E-state index contributed by atoms with van der Waals surface area (Å²) < 4.78 is 13.2. The van der Waals surface area contributed by atoms with E-state index in [1.807, 2.05) is 54.7 Å². The normalized spacial score (nSPS) is 12.8. The molecule has 33 heavy (non-hydrogen) atoms. The number of ether oxygens (including phenoxy) is 2. The topological polar surface area (TPSA) is 73.6 Å². The maximum Gasteiger partial charge on any atom is 0.166 e. The second-order valence-corrected chi connectivity index (χ2v) is 8.21. The zero-order valence-electron chi connectivity index (χ0n) is 17.0. The van der Waals surface area contributed by atoms with Crippen LogP contribution >= 0.6 is 34.8 Å². The second kappa shape index (κ2) is 9.31. The van der Waals surface area contributed by atoms with Crippen LogP contribution in [-0.2, 0) is 0 Å². The summed E-state index contributed by atoms with van der Waals surface area (Å²) in [5, 5.41) is 9.78. The first kappa shape index (κ1) is 21.6. The average molecular weight is 501 g/mol. The minimum atomic E-state index is 0.132. The van der Waals surface area contributed by atoms with E-state index in [1.165, 1.54) is 6.07 Å². The lowest BCUT2D eigenvalue weighted by atomic mass is 10.1. The van der Waals surface area contributed by atoms with E-state index in [2.05, 4.69) is 15.5 Å². The Morgan fingerprint density at radius 3 is 2.55 bits per heavy atom. The molecular weight excluding hydrogens is 485 g/mol. The monoisotopic (exact) mass is 499 g/mol. The SMILES string of the molecule is Clc1cc(Cl)c(N/N=C\c2cn(-c3ccccc3)nc2-c2ccc3c(c2)OCCO3)nc1Cl. The summed E-state index contributed by atoms with van der Waals surface area (Å²) >= 11 is 18.1. The number of benzene rings is 2. The van der Waals surface area contributed by atoms with Gasteiger partial charge in [-0.15, -0.1) is 0 Å². The van der Waals surface area contributed by atoms with Crippen molar-refractivity contribution in [3.63, 3.8) is 0 Å². The highest BCUT2D eigenvalue weighted by atomic mass is 35.5. The molecular formula is C23H16Cl3N5O2. The maximum atomic E-state index is 6.18. The smallest absolute Gasteiger partial charge is 0.166 e. The molecule has 0 amide bonds. The van der Waals surface area contributed by atoms with Gasteiger partial charge in [0.15, 0.2) is 17.3 Å². The first-order chi connectivity index (χ1) is 16.1. The van der Waals surface area contributed by atoms with Crippen LogP contribution in [0.5, 0.6) is 11.5 Å². The Labute approximate surface area is 204 Å². The van der Waals surface area contributed by atoms with Gasteiger partial charge in [-0.1, -0.05) is 53.0 Å². The van der Waals surface area contributed by atoms with E-state index in [0.717, 1.165) is 22.5 Å². The molecule has 3 heterocycles. The van der Waals surface area contributed by atoms with Gasteiger partial charge < -0.3 is 9.47 Å². The minimum Gasteiger partial charge on any atom is -0.486 e. The molecule has 2 aromatic heterocycles. The van der Waals surface area contributed by atoms with Crippen LogP contribution in [0.15, 0.2) is 65.9 Å². The van der Waals surface area contributed by atoms with Crippen LogP contribution in [0.2, 0.25) is 15.2 Å². The summed E-state index contributed by atoms with van der Waals surface area (Å²) in [6.45, 7) is 1.04. The number of aromatic nitrogens is 3. The van der Waals surface area contributed by atoms with Crippen molar-refractivity contribution >= 4 is 46.8 Å². The van der Waals surface area contributed by atoms with Crippen molar-refractivity contribution < 1.29 is 9.47 Å². The van der Waals surface area contributed by atoms with Crippen LogP contribution in [0.4, 0.5) is 5.82 Å². The molecule has 4 aromatic rings. The number of pyridine rings is 1. The fourth-order valence-electron chi connectivity index (χ4n) is 3.30. The van der Waals surface area contributed by atoms with Crippen molar-refractivity contribution in [1.29, 1.82) is 0 Å². The fourth-order valence-corrected chi connectivity index (χ4v) is 3.84. The molecule has 7 nitrogen and oxygen atoms in total. The predicted octanol–water partition coefficient (Wildman–Crippen LogP) is 6.11. The Morgan fingerprint density at radius 2 is 1.73 bits per heavy atom. The summed E-state index contributed by atoms with van der Waals surface area (Å²) in [6, 6.07) is 17.0. The Morgan fingerprint density at radius 1 is 0.939 bits per heavy atom. The molecule has 10 heteroatoms. The van der Waals surface area contributed by atoms with Gasteiger partial charge in [-0.25, -0.2) is 9.67 Å². The molecule has 0 unspecified atom stereocenters. The fraction of sp³-hybridized carbons (Fsp3) is 0.0870. The molecule has 1 aliphatic rings. The summed E-state index contributed by atoms with van der Waals surface area (Å²) in [6.07, 6.45) is 3.52. The highest BCUT2D eigenvalue weighted by molar-refractivity contribution is 6.42. The van der Waals surface area contributed by atoms with Crippen molar-refractivity contribution in [2.75, 3.05) is 18.6 Å². The van der Waals surface area contributed by atoms with E-state index in [1.54, 1.807) is 10.9 Å². The zero-order valence-corrected chi connectivity index (χ0v) is 19.3. The molecule has 5 rings (SSSR count). The van der Waals surface area contributed by atoms with Crippen molar-refractivity contribution in [3.8, 4) is 28.4 Å². The van der Waals surface area contributed by atoms with Gasteiger partial charge in [-0.3, -0.25) is 5.43 Å². The molecule has 0 saturated heterocycles. The van der Waals surface area contributed by atoms with Gasteiger partial charge in [0.2, 0.25) is 0 Å². The third kappa shape index (κ3) is 4.61. The third-order valence-corrected chi connectivity index (χ3v) is 5.80. The van der Waals surface area contributed by atoms with Gasteiger partial charge in [0.1, 0.15) is 24.1 Å². The zero-order chi connectivity index (χ0) is 22.8. The van der Waals surface area contributed by atoms with E-state index in [-0.39, 0.29) is 10.2 Å². The van der Waals surface area contributed by atoms with Crippen molar-refractivity contribution in [2.45, 2.75) is 0 Å². The van der Waals surface area contributed by atoms with Crippen molar-refractivity contribution in [2.24, 2.45) is 5.10 Å². The summed E-state index contributed by atoms with van der Waals surface area (Å²) in [7, 11) is 0. The maximum absolute atomic E-state index is 6.18. The highest BCUT2D eigenvalue weighted by Gasteiger charge is 2.17. The van der Waals surface area contributed by atoms with Crippen LogP contribution < -0.4 is 14.9 Å². The first-order valence-corrected chi connectivity index (χ1v) is 11.1. The lowest BCUT2D eigenvalue weighted by Gasteiger charge is -2.18. The molecule has 2 aromatic carbocycles. The number of fused-ring (bicyclic) bond motifs is 1. The second-order valence-electron chi connectivity index (χ2n) is 7.03. The third-order valence-electron chi connectivity index (χ3n) is 4.84. The number of anilines is 1. The summed E-state index contributed by atoms with van der Waals surface area (Å²) in [5.74, 6) is 1.68. The number of rotatable bonds is 5. The average Bonchev–Trinajstić information content (AvgIpc) is 3.27. The molecule has 0 radical (unpaired) electrons. The van der Waals surface area contributed by atoms with Gasteiger partial charge in [-0.2, -0.15) is 10.2 Å². The predicted molar refractivity (Wildman–Crippen MR) is 130 cm³/mol. The van der Waals surface area contributed by atoms with Crippen LogP contribution in [0.1, 0.15) is 5.56 Å². The summed E-state index contributed by atoms with van der Waals surface area (Å²) in [5.41, 5.74) is 6.07. The Bertz CT molecular complexity index is 1340. The Hall–Kier alpha value is -3.26. The molecule has 166 valence electrons. The van der Waals surface area contributed by atoms with Gasteiger partial charge in [0.05, 0.1) is 21.9 Å². The van der Waals surface area contributed by atoms with Crippen LogP contribution in [0.3, 0.4) is 0 Å². The molecule has 1 aliphatic heterocycles.